The third kappa shape index (κ3) is 4.69. The van der Waals surface area contributed by atoms with Gasteiger partial charge in [0.25, 0.3) is 0 Å². The maximum Gasteiger partial charge on any atom is 0.233 e. The number of hydrogen-bond donors (Lipinski definition) is 2. The molecule has 2 aromatic rings. The number of para-hydroxylation sites is 1. The van der Waals surface area contributed by atoms with E-state index in [2.05, 4.69) is 41.9 Å². The van der Waals surface area contributed by atoms with Crippen LogP contribution in [0.15, 0.2) is 42.6 Å². The molecule has 0 aliphatic heterocycles. The summed E-state index contributed by atoms with van der Waals surface area (Å²) in [4.78, 5) is 4.15. The molecule has 1 aromatic heterocycles. The van der Waals surface area contributed by atoms with Gasteiger partial charge in [0.15, 0.2) is 0 Å². The minimum Gasteiger partial charge on any atom is -0.354 e. The summed E-state index contributed by atoms with van der Waals surface area (Å²) in [6, 6.07) is 11.6. The lowest BCUT2D eigenvalue weighted by Crippen LogP contribution is -2.15. The van der Waals surface area contributed by atoms with Crippen LogP contribution in [0, 0.1) is 0 Å². The number of nitrogens with one attached hydrogen (secondary N) is 2. The van der Waals surface area contributed by atoms with E-state index in [1.807, 2.05) is 18.2 Å². The molecule has 2 rings (SSSR count). The molecule has 0 spiro atoms. The van der Waals surface area contributed by atoms with Crippen molar-refractivity contribution in [3.8, 4) is 0 Å². The summed E-state index contributed by atoms with van der Waals surface area (Å²) in [5.74, 6) is 0.342. The summed E-state index contributed by atoms with van der Waals surface area (Å²) in [5.41, 5.74) is 3.05. The first-order chi connectivity index (χ1) is 10.7. The fourth-order valence-corrected chi connectivity index (χ4v) is 2.75. The number of hydrogen-bond acceptors (Lipinski definition) is 4. The largest absolute Gasteiger partial charge is 0.354 e. The van der Waals surface area contributed by atoms with Crippen LogP contribution >= 0.6 is 0 Å². The van der Waals surface area contributed by atoms with Gasteiger partial charge in [0.05, 0.1) is 17.6 Å². The highest BCUT2D eigenvalue weighted by molar-refractivity contribution is 7.92. The zero-order chi connectivity index (χ0) is 17.1. The lowest BCUT2D eigenvalue weighted by molar-refractivity contribution is 0.592. The number of nitrogens with zero attached hydrogens (tertiary/aromatic N) is 1. The van der Waals surface area contributed by atoms with E-state index in [0.29, 0.717) is 5.82 Å². The molecule has 0 aliphatic rings. The van der Waals surface area contributed by atoms with Crippen LogP contribution in [0.1, 0.15) is 33.3 Å². The molecule has 124 valence electrons. The molecule has 0 saturated carbocycles. The first-order valence-electron chi connectivity index (χ1n) is 7.54. The quantitative estimate of drug-likeness (QED) is 0.871. The Morgan fingerprint density at radius 3 is 2.35 bits per heavy atom. The van der Waals surface area contributed by atoms with Gasteiger partial charge in [-0.25, -0.2) is 13.4 Å². The molecule has 0 bridgehead atoms. The Balaban J connectivity index is 2.20. The zero-order valence-electron chi connectivity index (χ0n) is 13.9. The van der Waals surface area contributed by atoms with Crippen LogP contribution in [-0.4, -0.2) is 19.2 Å². The van der Waals surface area contributed by atoms with Gasteiger partial charge in [0.1, 0.15) is 5.82 Å². The Morgan fingerprint density at radius 2 is 1.78 bits per heavy atom. The third-order valence-corrected chi connectivity index (χ3v) is 4.70. The van der Waals surface area contributed by atoms with Gasteiger partial charge in [-0.05, 0) is 36.1 Å². The van der Waals surface area contributed by atoms with E-state index in [-0.39, 0.29) is 11.2 Å². The highest BCUT2D eigenvalue weighted by Gasteiger charge is 2.17. The van der Waals surface area contributed by atoms with Gasteiger partial charge >= 0.3 is 0 Å². The van der Waals surface area contributed by atoms with Crippen molar-refractivity contribution in [1.29, 1.82) is 0 Å². The zero-order valence-corrected chi connectivity index (χ0v) is 14.7. The number of aromatic nitrogens is 1. The van der Waals surface area contributed by atoms with Crippen LogP contribution in [-0.2, 0) is 15.4 Å². The monoisotopic (exact) mass is 333 g/mol. The summed E-state index contributed by atoms with van der Waals surface area (Å²) < 4.78 is 25.5. The molecule has 1 heterocycles. The fourth-order valence-electron chi connectivity index (χ4n) is 2.16. The van der Waals surface area contributed by atoms with E-state index in [4.69, 9.17) is 0 Å². The van der Waals surface area contributed by atoms with Crippen molar-refractivity contribution >= 4 is 27.2 Å². The van der Waals surface area contributed by atoms with E-state index < -0.39 is 10.0 Å². The van der Waals surface area contributed by atoms with Crippen molar-refractivity contribution in [1.82, 2.24) is 4.98 Å². The lowest BCUT2D eigenvalue weighted by atomic mass is 9.86. The van der Waals surface area contributed by atoms with Gasteiger partial charge in [-0.3, -0.25) is 4.72 Å². The molecule has 0 amide bonds. The lowest BCUT2D eigenvalue weighted by Gasteiger charge is -2.23. The van der Waals surface area contributed by atoms with Crippen LogP contribution in [0.2, 0.25) is 0 Å². The molecular formula is C17H23N3O2S. The normalized spacial score (nSPS) is 12.0. The third-order valence-electron chi connectivity index (χ3n) is 3.42. The van der Waals surface area contributed by atoms with Crippen LogP contribution in [0.25, 0.3) is 0 Å². The first-order valence-corrected chi connectivity index (χ1v) is 9.19. The van der Waals surface area contributed by atoms with Crippen molar-refractivity contribution in [2.75, 3.05) is 15.8 Å². The second-order valence-electron chi connectivity index (χ2n) is 6.36. The Hall–Kier alpha value is -2.08. The highest BCUT2D eigenvalue weighted by Crippen LogP contribution is 2.31. The second kappa shape index (κ2) is 6.58. The average Bonchev–Trinajstić information content (AvgIpc) is 2.48. The van der Waals surface area contributed by atoms with E-state index in [0.717, 1.165) is 11.4 Å². The van der Waals surface area contributed by atoms with Crippen LogP contribution < -0.4 is 10.0 Å². The molecular weight excluding hydrogens is 310 g/mol. The number of anilines is 3. The highest BCUT2D eigenvalue weighted by atomic mass is 32.2. The molecule has 0 saturated heterocycles. The van der Waals surface area contributed by atoms with Gasteiger partial charge in [-0.2, -0.15) is 0 Å². The first kappa shape index (κ1) is 17.3. The minimum atomic E-state index is -3.30. The standard InChI is InChI=1S/C17H23N3O2S/c1-5-23(21,22)20-16-11-10-13(12-18-16)19-15-9-7-6-8-14(15)17(2,3)4/h6-12,19H,5H2,1-4H3,(H,18,20). The Kier molecular flexibility index (Phi) is 4.94. The van der Waals surface area contributed by atoms with Crippen LogP contribution in [0.4, 0.5) is 17.2 Å². The summed E-state index contributed by atoms with van der Waals surface area (Å²) in [6.07, 6.45) is 1.62. The van der Waals surface area contributed by atoms with Gasteiger partial charge in [0, 0.05) is 5.69 Å². The molecule has 0 aliphatic carbocycles. The Bertz CT molecular complexity index is 763. The van der Waals surface area contributed by atoms with Crippen molar-refractivity contribution in [2.45, 2.75) is 33.1 Å². The molecule has 0 radical (unpaired) electrons. The van der Waals surface area contributed by atoms with E-state index >= 15 is 0 Å². The van der Waals surface area contributed by atoms with Crippen LogP contribution in [0.3, 0.4) is 0 Å². The number of pyridine rings is 1. The molecule has 2 N–H and O–H groups in total. The Morgan fingerprint density at radius 1 is 1.09 bits per heavy atom. The van der Waals surface area contributed by atoms with Gasteiger partial charge in [-0.1, -0.05) is 39.0 Å². The maximum atomic E-state index is 11.5. The minimum absolute atomic E-state index is 0.0215. The predicted molar refractivity (Wildman–Crippen MR) is 95.7 cm³/mol. The van der Waals surface area contributed by atoms with E-state index in [1.54, 1.807) is 25.3 Å². The van der Waals surface area contributed by atoms with Crippen molar-refractivity contribution < 1.29 is 8.42 Å². The van der Waals surface area contributed by atoms with E-state index in [1.165, 1.54) is 5.56 Å². The molecule has 23 heavy (non-hydrogen) atoms. The number of benzene rings is 1. The van der Waals surface area contributed by atoms with Gasteiger partial charge < -0.3 is 5.32 Å². The summed E-state index contributed by atoms with van der Waals surface area (Å²) in [7, 11) is -3.30. The fraction of sp³-hybridized carbons (Fsp3) is 0.353. The predicted octanol–water partition coefficient (Wildman–Crippen LogP) is 3.88. The molecule has 0 fully saturated rings. The topological polar surface area (TPSA) is 71.1 Å². The molecule has 5 nitrogen and oxygen atoms in total. The second-order valence-corrected chi connectivity index (χ2v) is 8.37. The Labute approximate surface area is 138 Å². The van der Waals surface area contributed by atoms with Crippen LogP contribution in [0.5, 0.6) is 0 Å². The summed E-state index contributed by atoms with van der Waals surface area (Å²) in [5, 5.41) is 3.34. The number of sulfonamides is 1. The van der Waals surface area contributed by atoms with Crippen molar-refractivity contribution in [2.24, 2.45) is 0 Å². The van der Waals surface area contributed by atoms with Gasteiger partial charge in [-0.15, -0.1) is 0 Å². The smallest absolute Gasteiger partial charge is 0.233 e. The number of rotatable bonds is 5. The molecule has 6 heteroatoms. The molecule has 1 aromatic carbocycles. The summed E-state index contributed by atoms with van der Waals surface area (Å²) in [6.45, 7) is 8.07. The average molecular weight is 333 g/mol. The van der Waals surface area contributed by atoms with E-state index in [9.17, 15) is 8.42 Å². The molecule has 0 unspecified atom stereocenters. The molecule has 0 atom stereocenters. The van der Waals surface area contributed by atoms with Gasteiger partial charge in [0.2, 0.25) is 10.0 Å². The maximum absolute atomic E-state index is 11.5. The van der Waals surface area contributed by atoms with Crippen molar-refractivity contribution in [3.63, 3.8) is 0 Å². The summed E-state index contributed by atoms with van der Waals surface area (Å²) >= 11 is 0. The van der Waals surface area contributed by atoms with Crippen molar-refractivity contribution in [3.05, 3.63) is 48.2 Å². The SMILES string of the molecule is CCS(=O)(=O)Nc1ccc(Nc2ccccc2C(C)(C)C)cn1.